The summed E-state index contributed by atoms with van der Waals surface area (Å²) in [5.41, 5.74) is 1.31. The van der Waals surface area contributed by atoms with Gasteiger partial charge in [0.1, 0.15) is 0 Å². The van der Waals surface area contributed by atoms with Crippen molar-refractivity contribution in [2.45, 2.75) is 56.4 Å². The van der Waals surface area contributed by atoms with Gasteiger partial charge in [-0.25, -0.2) is 0 Å². The van der Waals surface area contributed by atoms with Crippen LogP contribution in [0.15, 0.2) is 12.3 Å². The summed E-state index contributed by atoms with van der Waals surface area (Å²) in [7, 11) is 1.74. The van der Waals surface area contributed by atoms with Crippen molar-refractivity contribution >= 4 is 11.6 Å². The zero-order valence-electron chi connectivity index (χ0n) is 11.1. The maximum atomic E-state index is 6.55. The van der Waals surface area contributed by atoms with Gasteiger partial charge in [-0.1, -0.05) is 19.3 Å². The van der Waals surface area contributed by atoms with Gasteiger partial charge in [0, 0.05) is 43.4 Å². The molecule has 2 unspecified atom stereocenters. The first kappa shape index (κ1) is 13.9. The van der Waals surface area contributed by atoms with Crippen LogP contribution in [0.3, 0.4) is 0 Å². The SMILES string of the molecule is COCCCn1nccc1C1CCCCCC1Cl. The fourth-order valence-corrected chi connectivity index (χ4v) is 3.21. The maximum absolute atomic E-state index is 6.55. The van der Waals surface area contributed by atoms with Gasteiger partial charge in [-0.3, -0.25) is 4.68 Å². The molecule has 2 rings (SSSR count). The smallest absolute Gasteiger partial charge is 0.0492 e. The lowest BCUT2D eigenvalue weighted by molar-refractivity contribution is 0.188. The number of methoxy groups -OCH3 is 1. The highest BCUT2D eigenvalue weighted by molar-refractivity contribution is 6.21. The van der Waals surface area contributed by atoms with Crippen LogP contribution < -0.4 is 0 Å². The summed E-state index contributed by atoms with van der Waals surface area (Å²) in [6.45, 7) is 1.71. The van der Waals surface area contributed by atoms with Crippen molar-refractivity contribution in [2.24, 2.45) is 0 Å². The van der Waals surface area contributed by atoms with Crippen molar-refractivity contribution in [3.63, 3.8) is 0 Å². The second-order valence-corrected chi connectivity index (χ2v) is 5.65. The molecule has 1 heterocycles. The fourth-order valence-electron chi connectivity index (χ4n) is 2.80. The van der Waals surface area contributed by atoms with Crippen LogP contribution in [0.1, 0.15) is 50.1 Å². The maximum Gasteiger partial charge on any atom is 0.0492 e. The Labute approximate surface area is 114 Å². The van der Waals surface area contributed by atoms with Crippen molar-refractivity contribution < 1.29 is 4.74 Å². The van der Waals surface area contributed by atoms with Crippen LogP contribution in [-0.4, -0.2) is 28.9 Å². The van der Waals surface area contributed by atoms with Crippen LogP contribution in [0, 0.1) is 0 Å². The standard InChI is InChI=1S/C14H23ClN2O/c1-18-11-5-10-17-14(8-9-16-17)12-6-3-2-4-7-13(12)15/h8-9,12-13H,2-7,10-11H2,1H3. The number of aromatic nitrogens is 2. The summed E-state index contributed by atoms with van der Waals surface area (Å²) in [5.74, 6) is 0.471. The molecule has 1 aliphatic carbocycles. The Kier molecular flexibility index (Phi) is 5.51. The predicted molar refractivity (Wildman–Crippen MR) is 74.2 cm³/mol. The van der Waals surface area contributed by atoms with E-state index in [4.69, 9.17) is 16.3 Å². The van der Waals surface area contributed by atoms with Crippen molar-refractivity contribution in [1.29, 1.82) is 0 Å². The molecule has 1 saturated carbocycles. The number of nitrogens with zero attached hydrogens (tertiary/aromatic N) is 2. The van der Waals surface area contributed by atoms with E-state index in [-0.39, 0.29) is 5.38 Å². The molecule has 0 bridgehead atoms. The summed E-state index contributed by atoms with van der Waals surface area (Å²) >= 11 is 6.55. The van der Waals surface area contributed by atoms with Crippen LogP contribution in [0.4, 0.5) is 0 Å². The Morgan fingerprint density at radius 1 is 1.39 bits per heavy atom. The van der Waals surface area contributed by atoms with E-state index < -0.39 is 0 Å². The van der Waals surface area contributed by atoms with Crippen LogP contribution >= 0.6 is 11.6 Å². The highest BCUT2D eigenvalue weighted by Gasteiger charge is 2.25. The van der Waals surface area contributed by atoms with E-state index in [1.807, 2.05) is 6.20 Å². The number of alkyl halides is 1. The molecule has 0 amide bonds. The van der Waals surface area contributed by atoms with Crippen LogP contribution in [-0.2, 0) is 11.3 Å². The molecule has 1 aliphatic rings. The lowest BCUT2D eigenvalue weighted by atomic mass is 9.96. The van der Waals surface area contributed by atoms with E-state index in [0.29, 0.717) is 5.92 Å². The Morgan fingerprint density at radius 2 is 2.22 bits per heavy atom. The first-order valence-corrected chi connectivity index (χ1v) is 7.41. The molecule has 0 aromatic carbocycles. The molecule has 0 aliphatic heterocycles. The molecule has 1 aromatic heterocycles. The molecule has 0 N–H and O–H groups in total. The van der Waals surface area contributed by atoms with Crippen molar-refractivity contribution in [3.05, 3.63) is 18.0 Å². The number of ether oxygens (including phenoxy) is 1. The van der Waals surface area contributed by atoms with Crippen LogP contribution in [0.25, 0.3) is 0 Å². The highest BCUT2D eigenvalue weighted by atomic mass is 35.5. The van der Waals surface area contributed by atoms with E-state index in [2.05, 4.69) is 15.8 Å². The van der Waals surface area contributed by atoms with Crippen molar-refractivity contribution in [3.8, 4) is 0 Å². The lowest BCUT2D eigenvalue weighted by Gasteiger charge is -2.21. The van der Waals surface area contributed by atoms with Crippen LogP contribution in [0.2, 0.25) is 0 Å². The molecule has 3 nitrogen and oxygen atoms in total. The first-order chi connectivity index (χ1) is 8.83. The average molecular weight is 271 g/mol. The number of aryl methyl sites for hydroxylation is 1. The zero-order valence-corrected chi connectivity index (χ0v) is 11.9. The normalized spacial score (nSPS) is 25.0. The predicted octanol–water partition coefficient (Wildman–Crippen LogP) is 3.57. The Balaban J connectivity index is 2.04. The quantitative estimate of drug-likeness (QED) is 0.465. The van der Waals surface area contributed by atoms with E-state index in [1.165, 1.54) is 31.4 Å². The molecule has 0 spiro atoms. The molecule has 2 atom stereocenters. The topological polar surface area (TPSA) is 27.1 Å². The first-order valence-electron chi connectivity index (χ1n) is 6.97. The van der Waals surface area contributed by atoms with Gasteiger partial charge in [0.25, 0.3) is 0 Å². The fraction of sp³-hybridized carbons (Fsp3) is 0.786. The summed E-state index contributed by atoms with van der Waals surface area (Å²) in [6, 6.07) is 2.14. The molecule has 18 heavy (non-hydrogen) atoms. The summed E-state index contributed by atoms with van der Waals surface area (Å²) in [4.78, 5) is 0. The highest BCUT2D eigenvalue weighted by Crippen LogP contribution is 2.35. The molecular weight excluding hydrogens is 248 g/mol. The minimum atomic E-state index is 0.269. The van der Waals surface area contributed by atoms with Gasteiger partial charge in [-0.2, -0.15) is 5.10 Å². The van der Waals surface area contributed by atoms with Crippen molar-refractivity contribution in [1.82, 2.24) is 9.78 Å². The molecule has 0 radical (unpaired) electrons. The molecule has 102 valence electrons. The second-order valence-electron chi connectivity index (χ2n) is 5.09. The number of rotatable bonds is 5. The molecule has 0 saturated heterocycles. The van der Waals surface area contributed by atoms with E-state index >= 15 is 0 Å². The number of hydrogen-bond acceptors (Lipinski definition) is 2. The van der Waals surface area contributed by atoms with E-state index in [1.54, 1.807) is 7.11 Å². The van der Waals surface area contributed by atoms with Gasteiger partial charge in [-0.15, -0.1) is 11.6 Å². The van der Waals surface area contributed by atoms with Gasteiger partial charge in [0.15, 0.2) is 0 Å². The lowest BCUT2D eigenvalue weighted by Crippen LogP contribution is -2.17. The van der Waals surface area contributed by atoms with Gasteiger partial charge < -0.3 is 4.74 Å². The Hall–Kier alpha value is -0.540. The van der Waals surface area contributed by atoms with Gasteiger partial charge in [0.2, 0.25) is 0 Å². The van der Waals surface area contributed by atoms with Gasteiger partial charge in [-0.05, 0) is 25.3 Å². The Bertz CT molecular complexity index is 353. The third kappa shape index (κ3) is 3.48. The molecule has 4 heteroatoms. The zero-order chi connectivity index (χ0) is 12.8. The minimum absolute atomic E-state index is 0.269. The van der Waals surface area contributed by atoms with Gasteiger partial charge in [0.05, 0.1) is 0 Å². The molecule has 1 aromatic rings. The number of halogens is 1. The summed E-state index contributed by atoms with van der Waals surface area (Å²) in [5, 5.41) is 4.70. The van der Waals surface area contributed by atoms with Crippen LogP contribution in [0.5, 0.6) is 0 Å². The minimum Gasteiger partial charge on any atom is -0.385 e. The monoisotopic (exact) mass is 270 g/mol. The van der Waals surface area contributed by atoms with Gasteiger partial charge >= 0.3 is 0 Å². The summed E-state index contributed by atoms with van der Waals surface area (Å²) in [6.07, 6.45) is 9.11. The van der Waals surface area contributed by atoms with E-state index in [0.717, 1.165) is 26.0 Å². The third-order valence-corrected chi connectivity index (χ3v) is 4.30. The third-order valence-electron chi connectivity index (χ3n) is 3.78. The van der Waals surface area contributed by atoms with Crippen molar-refractivity contribution in [2.75, 3.05) is 13.7 Å². The number of hydrogen-bond donors (Lipinski definition) is 0. The largest absolute Gasteiger partial charge is 0.385 e. The molecular formula is C14H23ClN2O. The van der Waals surface area contributed by atoms with E-state index in [9.17, 15) is 0 Å². The average Bonchev–Trinajstić information content (AvgIpc) is 2.72. The molecule has 1 fully saturated rings. The Morgan fingerprint density at radius 3 is 3.06 bits per heavy atom. The summed E-state index contributed by atoms with van der Waals surface area (Å²) < 4.78 is 7.21. The second kappa shape index (κ2) is 7.15.